The van der Waals surface area contributed by atoms with Crippen LogP contribution < -0.4 is 5.32 Å². The summed E-state index contributed by atoms with van der Waals surface area (Å²) in [5, 5.41) is 4.23. The molecule has 2 rings (SSSR count). The van der Waals surface area contributed by atoms with E-state index in [1.807, 2.05) is 32.0 Å². The number of hydrogen-bond donors (Lipinski definition) is 1. The molecule has 0 aliphatic heterocycles. The van der Waals surface area contributed by atoms with Crippen molar-refractivity contribution >= 4 is 11.6 Å². The van der Waals surface area contributed by atoms with Crippen molar-refractivity contribution in [1.29, 1.82) is 0 Å². The van der Waals surface area contributed by atoms with Crippen molar-refractivity contribution in [2.45, 2.75) is 33.2 Å². The van der Waals surface area contributed by atoms with Gasteiger partial charge in [-0.3, -0.25) is 0 Å². The molecular weight excluding hydrogens is 285 g/mol. The molecule has 0 radical (unpaired) electrons. The van der Waals surface area contributed by atoms with Crippen molar-refractivity contribution < 1.29 is 4.39 Å². The van der Waals surface area contributed by atoms with Crippen molar-refractivity contribution in [3.05, 3.63) is 69.5 Å². The first-order valence-electron chi connectivity index (χ1n) is 7.25. The van der Waals surface area contributed by atoms with Gasteiger partial charge in [-0.25, -0.2) is 4.39 Å². The summed E-state index contributed by atoms with van der Waals surface area (Å²) in [6.45, 7) is 6.93. The van der Waals surface area contributed by atoms with Crippen LogP contribution in [0.15, 0.2) is 36.4 Å². The van der Waals surface area contributed by atoms with Crippen molar-refractivity contribution in [2.75, 3.05) is 6.54 Å². The highest BCUT2D eigenvalue weighted by atomic mass is 35.5. The molecule has 0 fully saturated rings. The third-order valence-corrected chi connectivity index (χ3v) is 4.19. The Labute approximate surface area is 131 Å². The van der Waals surface area contributed by atoms with Gasteiger partial charge in [0.1, 0.15) is 5.82 Å². The summed E-state index contributed by atoms with van der Waals surface area (Å²) < 4.78 is 13.5. The van der Waals surface area contributed by atoms with Gasteiger partial charge in [0.2, 0.25) is 0 Å². The number of likely N-dealkylation sites (N-methyl/N-ethyl adjacent to an activating group) is 1. The Hall–Kier alpha value is -1.38. The molecule has 0 aromatic heterocycles. The highest BCUT2D eigenvalue weighted by Crippen LogP contribution is 2.25. The van der Waals surface area contributed by atoms with Crippen LogP contribution in [0.1, 0.15) is 35.2 Å². The molecule has 0 aliphatic carbocycles. The molecule has 2 aromatic rings. The topological polar surface area (TPSA) is 12.0 Å². The Morgan fingerprint density at radius 3 is 2.48 bits per heavy atom. The fourth-order valence-electron chi connectivity index (χ4n) is 2.46. The molecule has 3 heteroatoms. The van der Waals surface area contributed by atoms with E-state index in [1.165, 1.54) is 6.07 Å². The molecule has 112 valence electrons. The molecule has 0 heterocycles. The number of halogens is 2. The minimum absolute atomic E-state index is 0.133. The zero-order chi connectivity index (χ0) is 15.4. The average Bonchev–Trinajstić information content (AvgIpc) is 2.45. The standard InChI is InChI=1S/C18H21ClFN/c1-4-21-18(14-7-5-13(3)17(19)10-14)11-15-9-16(20)8-6-12(15)2/h5-10,18,21H,4,11H2,1-3H3. The second-order valence-electron chi connectivity index (χ2n) is 5.39. The van der Waals surface area contributed by atoms with Crippen molar-refractivity contribution in [1.82, 2.24) is 5.32 Å². The Balaban J connectivity index is 2.30. The maximum atomic E-state index is 13.5. The van der Waals surface area contributed by atoms with Crippen LogP contribution in [0.2, 0.25) is 5.02 Å². The summed E-state index contributed by atoms with van der Waals surface area (Å²) in [5.41, 5.74) is 4.34. The van der Waals surface area contributed by atoms with Gasteiger partial charge in [-0.1, -0.05) is 36.7 Å². The van der Waals surface area contributed by atoms with Gasteiger partial charge in [0.25, 0.3) is 0 Å². The van der Waals surface area contributed by atoms with E-state index in [9.17, 15) is 4.39 Å². The van der Waals surface area contributed by atoms with Gasteiger partial charge in [-0.05, 0) is 67.3 Å². The molecule has 21 heavy (non-hydrogen) atoms. The fraction of sp³-hybridized carbons (Fsp3) is 0.333. The lowest BCUT2D eigenvalue weighted by molar-refractivity contribution is 0.545. The molecule has 0 aliphatic rings. The Morgan fingerprint density at radius 2 is 1.81 bits per heavy atom. The normalized spacial score (nSPS) is 12.4. The summed E-state index contributed by atoms with van der Waals surface area (Å²) in [5.74, 6) is -0.187. The highest BCUT2D eigenvalue weighted by molar-refractivity contribution is 6.31. The number of hydrogen-bond acceptors (Lipinski definition) is 1. The van der Waals surface area contributed by atoms with Crippen LogP contribution in [-0.4, -0.2) is 6.54 Å². The molecule has 1 nitrogen and oxygen atoms in total. The molecule has 0 spiro atoms. The van der Waals surface area contributed by atoms with Crippen molar-refractivity contribution in [3.63, 3.8) is 0 Å². The minimum Gasteiger partial charge on any atom is -0.310 e. The van der Waals surface area contributed by atoms with Gasteiger partial charge >= 0.3 is 0 Å². The zero-order valence-electron chi connectivity index (χ0n) is 12.7. The Morgan fingerprint density at radius 1 is 1.10 bits per heavy atom. The monoisotopic (exact) mass is 305 g/mol. The largest absolute Gasteiger partial charge is 0.310 e. The zero-order valence-corrected chi connectivity index (χ0v) is 13.5. The number of rotatable bonds is 5. The predicted molar refractivity (Wildman–Crippen MR) is 87.4 cm³/mol. The van der Waals surface area contributed by atoms with Crippen LogP contribution >= 0.6 is 11.6 Å². The summed E-state index contributed by atoms with van der Waals surface area (Å²) in [4.78, 5) is 0. The smallest absolute Gasteiger partial charge is 0.123 e. The van der Waals surface area contributed by atoms with Gasteiger partial charge in [0.15, 0.2) is 0 Å². The fourth-order valence-corrected chi connectivity index (χ4v) is 2.65. The van der Waals surface area contributed by atoms with E-state index in [0.717, 1.165) is 40.2 Å². The van der Waals surface area contributed by atoms with Gasteiger partial charge in [-0.2, -0.15) is 0 Å². The summed E-state index contributed by atoms with van der Waals surface area (Å²) >= 11 is 6.23. The number of aryl methyl sites for hydroxylation is 2. The summed E-state index contributed by atoms with van der Waals surface area (Å²) in [6, 6.07) is 11.2. The molecule has 0 bridgehead atoms. The number of nitrogens with one attached hydrogen (secondary N) is 1. The SMILES string of the molecule is CCNC(Cc1cc(F)ccc1C)c1ccc(C)c(Cl)c1. The van der Waals surface area contributed by atoms with Gasteiger partial charge in [0, 0.05) is 11.1 Å². The van der Waals surface area contributed by atoms with E-state index in [2.05, 4.69) is 18.3 Å². The predicted octanol–water partition coefficient (Wildman–Crippen LogP) is 4.99. The lowest BCUT2D eigenvalue weighted by atomic mass is 9.95. The van der Waals surface area contributed by atoms with E-state index in [0.29, 0.717) is 0 Å². The van der Waals surface area contributed by atoms with Crippen molar-refractivity contribution in [3.8, 4) is 0 Å². The average molecular weight is 306 g/mol. The first kappa shape index (κ1) is 16.0. The maximum absolute atomic E-state index is 13.5. The van der Waals surface area contributed by atoms with E-state index in [1.54, 1.807) is 6.07 Å². The van der Waals surface area contributed by atoms with E-state index < -0.39 is 0 Å². The number of benzene rings is 2. The lowest BCUT2D eigenvalue weighted by Crippen LogP contribution is -2.23. The maximum Gasteiger partial charge on any atom is 0.123 e. The molecule has 2 aromatic carbocycles. The van der Waals surface area contributed by atoms with E-state index in [-0.39, 0.29) is 11.9 Å². The first-order valence-corrected chi connectivity index (χ1v) is 7.63. The van der Waals surface area contributed by atoms with E-state index >= 15 is 0 Å². The Bertz CT molecular complexity index is 625. The van der Waals surface area contributed by atoms with Gasteiger partial charge in [-0.15, -0.1) is 0 Å². The first-order chi connectivity index (χ1) is 10.0. The van der Waals surface area contributed by atoms with Crippen LogP contribution in [-0.2, 0) is 6.42 Å². The highest BCUT2D eigenvalue weighted by Gasteiger charge is 2.14. The van der Waals surface area contributed by atoms with Crippen LogP contribution in [0.25, 0.3) is 0 Å². The van der Waals surface area contributed by atoms with Crippen molar-refractivity contribution in [2.24, 2.45) is 0 Å². The third kappa shape index (κ3) is 4.05. The molecule has 0 amide bonds. The van der Waals surface area contributed by atoms with Gasteiger partial charge in [0.05, 0.1) is 0 Å². The molecule has 0 saturated carbocycles. The minimum atomic E-state index is -0.187. The molecular formula is C18H21ClFN. The second-order valence-corrected chi connectivity index (χ2v) is 5.80. The summed E-state index contributed by atoms with van der Waals surface area (Å²) in [6.07, 6.45) is 0.747. The molecule has 1 atom stereocenters. The molecule has 1 unspecified atom stereocenters. The Kier molecular flexibility index (Phi) is 5.38. The summed E-state index contributed by atoms with van der Waals surface area (Å²) in [7, 11) is 0. The van der Waals surface area contributed by atoms with Gasteiger partial charge < -0.3 is 5.32 Å². The lowest BCUT2D eigenvalue weighted by Gasteiger charge is -2.20. The van der Waals surface area contributed by atoms with Crippen LogP contribution in [0, 0.1) is 19.7 Å². The van der Waals surface area contributed by atoms with E-state index in [4.69, 9.17) is 11.6 Å². The second kappa shape index (κ2) is 7.06. The molecule has 0 saturated heterocycles. The van der Waals surface area contributed by atoms with Crippen LogP contribution in [0.4, 0.5) is 4.39 Å². The quantitative estimate of drug-likeness (QED) is 0.820. The van der Waals surface area contributed by atoms with Crippen LogP contribution in [0.3, 0.4) is 0 Å². The molecule has 1 N–H and O–H groups in total. The third-order valence-electron chi connectivity index (χ3n) is 3.78. The van der Waals surface area contributed by atoms with Crippen LogP contribution in [0.5, 0.6) is 0 Å².